The summed E-state index contributed by atoms with van der Waals surface area (Å²) in [5.41, 5.74) is 1.56. The molecule has 3 aromatic rings. The highest BCUT2D eigenvalue weighted by molar-refractivity contribution is 8.18. The predicted octanol–water partition coefficient (Wildman–Crippen LogP) is 4.96. The number of ketones is 1. The molecule has 4 rings (SSSR count). The van der Waals surface area contributed by atoms with Crippen LogP contribution in [0.25, 0.3) is 17.4 Å². The van der Waals surface area contributed by atoms with Crippen LogP contribution >= 0.6 is 11.8 Å². The highest BCUT2D eigenvalue weighted by Gasteiger charge is 2.36. The van der Waals surface area contributed by atoms with E-state index in [9.17, 15) is 23.6 Å². The average molecular weight is 464 g/mol. The van der Waals surface area contributed by atoms with Gasteiger partial charge in [-0.2, -0.15) is 0 Å². The molecule has 0 unspecified atom stereocenters. The van der Waals surface area contributed by atoms with Crippen LogP contribution in [0.3, 0.4) is 0 Å². The van der Waals surface area contributed by atoms with Crippen molar-refractivity contribution < 1.29 is 28.0 Å². The Labute approximate surface area is 192 Å². The quantitative estimate of drug-likeness (QED) is 0.409. The van der Waals surface area contributed by atoms with Gasteiger partial charge in [-0.25, -0.2) is 4.39 Å². The molecule has 1 fully saturated rings. The number of nitrogens with zero attached hydrogens (tertiary/aromatic N) is 1. The molecule has 0 saturated carbocycles. The first-order chi connectivity index (χ1) is 15.8. The van der Waals surface area contributed by atoms with E-state index in [1.165, 1.54) is 31.2 Å². The first-order valence-electron chi connectivity index (χ1n) is 9.82. The van der Waals surface area contributed by atoms with E-state index < -0.39 is 29.4 Å². The van der Waals surface area contributed by atoms with E-state index in [1.54, 1.807) is 36.4 Å². The number of halogens is 1. The molecule has 0 atom stereocenters. The highest BCUT2D eigenvalue weighted by atomic mass is 32.2. The van der Waals surface area contributed by atoms with Gasteiger partial charge in [-0.3, -0.25) is 24.1 Å². The van der Waals surface area contributed by atoms with Gasteiger partial charge in [-0.15, -0.1) is 0 Å². The molecule has 2 heterocycles. The predicted molar refractivity (Wildman–Crippen MR) is 122 cm³/mol. The summed E-state index contributed by atoms with van der Waals surface area (Å²) >= 11 is 0.699. The van der Waals surface area contributed by atoms with Crippen LogP contribution in [0.4, 0.5) is 14.9 Å². The maximum Gasteiger partial charge on any atom is 0.294 e. The summed E-state index contributed by atoms with van der Waals surface area (Å²) in [5.74, 6) is -0.918. The normalized spacial score (nSPS) is 14.7. The first-order valence-corrected chi connectivity index (χ1v) is 10.6. The smallest absolute Gasteiger partial charge is 0.294 e. The number of furan rings is 1. The standard InChI is InChI=1S/C24H17FN2O5S/c1-14(28)15-5-7-16(8-6-15)20-10-9-19(32-20)12-21-23(30)27(24(31)33-21)13-22(29)26-18-4-2-3-17(25)11-18/h2-12H,13H2,1H3,(H,26,29)/b21-12+. The van der Waals surface area contributed by atoms with Gasteiger partial charge >= 0.3 is 0 Å². The summed E-state index contributed by atoms with van der Waals surface area (Å²) < 4.78 is 19.0. The van der Waals surface area contributed by atoms with Crippen LogP contribution < -0.4 is 5.32 Å². The van der Waals surface area contributed by atoms with E-state index >= 15 is 0 Å². The van der Waals surface area contributed by atoms with Crippen molar-refractivity contribution in [2.45, 2.75) is 6.92 Å². The molecule has 1 aliphatic rings. The molecule has 1 aliphatic heterocycles. The number of carbonyl (C=O) groups excluding carboxylic acids is 4. The average Bonchev–Trinajstić information content (AvgIpc) is 3.34. The third-order valence-electron chi connectivity index (χ3n) is 4.76. The van der Waals surface area contributed by atoms with Crippen molar-refractivity contribution in [2.75, 3.05) is 11.9 Å². The number of imide groups is 1. The van der Waals surface area contributed by atoms with Crippen molar-refractivity contribution in [2.24, 2.45) is 0 Å². The van der Waals surface area contributed by atoms with Gasteiger partial charge in [-0.1, -0.05) is 30.3 Å². The van der Waals surface area contributed by atoms with Gasteiger partial charge in [0.05, 0.1) is 4.91 Å². The molecule has 0 spiro atoms. The minimum Gasteiger partial charge on any atom is -0.457 e. The van der Waals surface area contributed by atoms with E-state index in [2.05, 4.69) is 5.32 Å². The van der Waals surface area contributed by atoms with Gasteiger partial charge < -0.3 is 9.73 Å². The summed E-state index contributed by atoms with van der Waals surface area (Å²) in [6, 6.07) is 15.6. The van der Waals surface area contributed by atoms with Gasteiger partial charge in [0.1, 0.15) is 23.9 Å². The molecule has 33 heavy (non-hydrogen) atoms. The summed E-state index contributed by atoms with van der Waals surface area (Å²) in [6.45, 7) is 0.989. The van der Waals surface area contributed by atoms with Crippen molar-refractivity contribution in [1.82, 2.24) is 4.90 Å². The Morgan fingerprint density at radius 1 is 1.09 bits per heavy atom. The van der Waals surface area contributed by atoms with Crippen molar-refractivity contribution in [3.63, 3.8) is 0 Å². The number of nitrogens with one attached hydrogen (secondary N) is 1. The molecule has 2 aromatic carbocycles. The molecule has 1 saturated heterocycles. The van der Waals surface area contributed by atoms with Crippen molar-refractivity contribution in [3.05, 3.63) is 82.7 Å². The molecule has 1 aromatic heterocycles. The molecule has 9 heteroatoms. The van der Waals surface area contributed by atoms with Crippen molar-refractivity contribution in [3.8, 4) is 11.3 Å². The number of hydrogen-bond acceptors (Lipinski definition) is 6. The summed E-state index contributed by atoms with van der Waals surface area (Å²) in [4.78, 5) is 49.5. The van der Waals surface area contributed by atoms with Gasteiger partial charge in [-0.05, 0) is 49.0 Å². The molecular weight excluding hydrogens is 447 g/mol. The number of anilines is 1. The van der Waals surface area contributed by atoms with E-state index in [-0.39, 0.29) is 16.4 Å². The zero-order valence-corrected chi connectivity index (χ0v) is 18.1. The first kappa shape index (κ1) is 22.2. The largest absolute Gasteiger partial charge is 0.457 e. The molecular formula is C24H17FN2O5S. The Morgan fingerprint density at radius 3 is 2.55 bits per heavy atom. The monoisotopic (exact) mass is 464 g/mol. The fraction of sp³-hybridized carbons (Fsp3) is 0.0833. The van der Waals surface area contributed by atoms with Crippen LogP contribution in [0.1, 0.15) is 23.0 Å². The Balaban J connectivity index is 1.44. The minimum absolute atomic E-state index is 0.0398. The van der Waals surface area contributed by atoms with Gasteiger partial charge in [0.2, 0.25) is 5.91 Å². The Morgan fingerprint density at radius 2 is 1.85 bits per heavy atom. The number of hydrogen-bond donors (Lipinski definition) is 1. The van der Waals surface area contributed by atoms with Crippen LogP contribution in [0, 0.1) is 5.82 Å². The number of thioether (sulfide) groups is 1. The van der Waals surface area contributed by atoms with Crippen LogP contribution in [-0.2, 0) is 9.59 Å². The Hall–Kier alpha value is -3.98. The lowest BCUT2D eigenvalue weighted by atomic mass is 10.1. The molecule has 0 radical (unpaired) electrons. The van der Waals surface area contributed by atoms with Gasteiger partial charge in [0, 0.05) is 22.9 Å². The molecule has 3 amide bonds. The van der Waals surface area contributed by atoms with Gasteiger partial charge in [0.25, 0.3) is 11.1 Å². The van der Waals surface area contributed by atoms with Crippen LogP contribution in [0.15, 0.2) is 70.0 Å². The van der Waals surface area contributed by atoms with E-state index in [4.69, 9.17) is 4.42 Å². The SMILES string of the molecule is CC(=O)c1ccc(-c2ccc(/C=C3/SC(=O)N(CC(=O)Nc4cccc(F)c4)C3=O)o2)cc1. The zero-order valence-electron chi connectivity index (χ0n) is 17.3. The van der Waals surface area contributed by atoms with Crippen molar-refractivity contribution >= 4 is 46.4 Å². The minimum atomic E-state index is -0.626. The number of carbonyl (C=O) groups is 4. The second-order valence-corrected chi connectivity index (χ2v) is 8.16. The summed E-state index contributed by atoms with van der Waals surface area (Å²) in [6.07, 6.45) is 1.43. The molecule has 1 N–H and O–H groups in total. The van der Waals surface area contributed by atoms with Crippen LogP contribution in [-0.4, -0.2) is 34.3 Å². The maximum atomic E-state index is 13.3. The topological polar surface area (TPSA) is 96.7 Å². The van der Waals surface area contributed by atoms with Crippen LogP contribution in [0.2, 0.25) is 0 Å². The fourth-order valence-corrected chi connectivity index (χ4v) is 3.95. The highest BCUT2D eigenvalue weighted by Crippen LogP contribution is 2.33. The van der Waals surface area contributed by atoms with E-state index in [0.717, 1.165) is 16.5 Å². The lowest BCUT2D eigenvalue weighted by Crippen LogP contribution is -2.36. The second-order valence-electron chi connectivity index (χ2n) is 7.16. The second kappa shape index (κ2) is 9.25. The number of amides is 3. The molecule has 0 bridgehead atoms. The maximum absolute atomic E-state index is 13.3. The molecule has 166 valence electrons. The van der Waals surface area contributed by atoms with E-state index in [0.29, 0.717) is 28.8 Å². The third kappa shape index (κ3) is 5.09. The summed E-state index contributed by atoms with van der Waals surface area (Å²) in [7, 11) is 0. The zero-order chi connectivity index (χ0) is 23.5. The Kier molecular flexibility index (Phi) is 6.23. The van der Waals surface area contributed by atoms with Crippen molar-refractivity contribution in [1.29, 1.82) is 0 Å². The number of benzene rings is 2. The van der Waals surface area contributed by atoms with E-state index in [1.807, 2.05) is 0 Å². The molecule has 0 aliphatic carbocycles. The number of rotatable bonds is 6. The number of Topliss-reactive ketones (excluding diaryl/α,β-unsaturated/α-hetero) is 1. The van der Waals surface area contributed by atoms with Gasteiger partial charge in [0.15, 0.2) is 5.78 Å². The summed E-state index contributed by atoms with van der Waals surface area (Å²) in [5, 5.41) is 1.86. The molecule has 7 nitrogen and oxygen atoms in total. The Bertz CT molecular complexity index is 1300. The lowest BCUT2D eigenvalue weighted by molar-refractivity contribution is -0.127. The fourth-order valence-electron chi connectivity index (χ4n) is 3.13. The van der Waals surface area contributed by atoms with Crippen LogP contribution in [0.5, 0.6) is 0 Å². The third-order valence-corrected chi connectivity index (χ3v) is 5.67. The lowest BCUT2D eigenvalue weighted by Gasteiger charge is -2.12.